The molecule has 0 radical (unpaired) electrons. The summed E-state index contributed by atoms with van der Waals surface area (Å²) < 4.78 is 18.8. The highest BCUT2D eigenvalue weighted by atomic mass is 32.2. The summed E-state index contributed by atoms with van der Waals surface area (Å²) >= 11 is 1.76. The molecule has 0 amide bonds. The summed E-state index contributed by atoms with van der Waals surface area (Å²) in [6.07, 6.45) is 2.20. The normalized spacial score (nSPS) is 12.5. The van der Waals surface area contributed by atoms with E-state index >= 15 is 0 Å². The van der Waals surface area contributed by atoms with Gasteiger partial charge in [-0.1, -0.05) is 0 Å². The number of halogens is 1. The summed E-state index contributed by atoms with van der Waals surface area (Å²) in [4.78, 5) is 0. The second-order valence-electron chi connectivity index (χ2n) is 3.55. The van der Waals surface area contributed by atoms with Crippen molar-refractivity contribution in [2.75, 3.05) is 18.6 Å². The van der Waals surface area contributed by atoms with Gasteiger partial charge in [-0.3, -0.25) is 0 Å². The molecular weight excluding hydrogens is 227 g/mol. The van der Waals surface area contributed by atoms with Crippen molar-refractivity contribution in [3.8, 4) is 5.75 Å². The van der Waals surface area contributed by atoms with E-state index in [1.807, 2.05) is 6.26 Å². The molecule has 1 rings (SSSR count). The lowest BCUT2D eigenvalue weighted by Crippen LogP contribution is -2.01. The third-order valence-electron chi connectivity index (χ3n) is 2.18. The largest absolute Gasteiger partial charge is 0.493 e. The van der Waals surface area contributed by atoms with Gasteiger partial charge in [-0.2, -0.15) is 11.8 Å². The van der Waals surface area contributed by atoms with Crippen molar-refractivity contribution in [1.29, 1.82) is 0 Å². The monoisotopic (exact) mass is 244 g/mol. The van der Waals surface area contributed by atoms with Gasteiger partial charge in [0.05, 0.1) is 12.7 Å². The molecule has 0 saturated carbocycles. The fraction of sp³-hybridized carbons (Fsp3) is 0.500. The van der Waals surface area contributed by atoms with Crippen LogP contribution in [-0.2, 0) is 0 Å². The van der Waals surface area contributed by atoms with Gasteiger partial charge in [-0.25, -0.2) is 4.39 Å². The van der Waals surface area contributed by atoms with Gasteiger partial charge in [0.15, 0.2) is 0 Å². The van der Waals surface area contributed by atoms with Crippen LogP contribution in [0.4, 0.5) is 4.39 Å². The summed E-state index contributed by atoms with van der Waals surface area (Å²) in [6.45, 7) is 2.13. The number of ether oxygens (including phenoxy) is 1. The second-order valence-corrected chi connectivity index (χ2v) is 4.54. The van der Waals surface area contributed by atoms with Crippen LogP contribution in [-0.4, -0.2) is 23.7 Å². The Hall–Kier alpha value is -0.740. The van der Waals surface area contributed by atoms with Crippen LogP contribution in [0, 0.1) is 5.82 Å². The van der Waals surface area contributed by atoms with E-state index in [4.69, 9.17) is 4.74 Å². The van der Waals surface area contributed by atoms with Crippen molar-refractivity contribution in [2.45, 2.75) is 19.4 Å². The standard InChI is InChI=1S/C12H17FO2S/c1-9(14)11-5-4-10(8-12(11)13)15-6-3-7-16-2/h4-5,8-9,14H,3,6-7H2,1-2H3/t9-/m0/s1. The Kier molecular flexibility index (Phi) is 5.63. The zero-order valence-electron chi connectivity index (χ0n) is 9.57. The molecule has 0 aromatic heterocycles. The molecule has 16 heavy (non-hydrogen) atoms. The summed E-state index contributed by atoms with van der Waals surface area (Å²) in [7, 11) is 0. The van der Waals surface area contributed by atoms with E-state index in [0.29, 0.717) is 17.9 Å². The highest BCUT2D eigenvalue weighted by Gasteiger charge is 2.08. The van der Waals surface area contributed by atoms with Crippen LogP contribution in [0.5, 0.6) is 5.75 Å². The topological polar surface area (TPSA) is 29.5 Å². The minimum absolute atomic E-state index is 0.302. The maximum absolute atomic E-state index is 13.4. The first-order valence-corrected chi connectivity index (χ1v) is 6.63. The first-order chi connectivity index (χ1) is 7.65. The predicted molar refractivity (Wildman–Crippen MR) is 65.5 cm³/mol. The molecule has 1 aromatic carbocycles. The number of aliphatic hydroxyl groups is 1. The molecule has 90 valence electrons. The number of thioether (sulfide) groups is 1. The number of hydrogen-bond donors (Lipinski definition) is 1. The quantitative estimate of drug-likeness (QED) is 0.780. The van der Waals surface area contributed by atoms with E-state index in [1.54, 1.807) is 23.9 Å². The fourth-order valence-electron chi connectivity index (χ4n) is 1.33. The van der Waals surface area contributed by atoms with Crippen molar-refractivity contribution >= 4 is 11.8 Å². The van der Waals surface area contributed by atoms with Gasteiger partial charge in [-0.15, -0.1) is 0 Å². The molecule has 0 aliphatic heterocycles. The molecule has 2 nitrogen and oxygen atoms in total. The molecule has 0 heterocycles. The van der Waals surface area contributed by atoms with Crippen LogP contribution in [0.3, 0.4) is 0 Å². The molecule has 4 heteroatoms. The van der Waals surface area contributed by atoms with E-state index in [9.17, 15) is 9.50 Å². The zero-order chi connectivity index (χ0) is 12.0. The van der Waals surface area contributed by atoms with Crippen molar-refractivity contribution in [3.63, 3.8) is 0 Å². The Labute approximate surface area is 99.8 Å². The average Bonchev–Trinajstić information content (AvgIpc) is 2.24. The highest BCUT2D eigenvalue weighted by Crippen LogP contribution is 2.21. The van der Waals surface area contributed by atoms with Crippen LogP contribution in [0.2, 0.25) is 0 Å². The van der Waals surface area contributed by atoms with Gasteiger partial charge in [0.1, 0.15) is 11.6 Å². The summed E-state index contributed by atoms with van der Waals surface area (Å²) in [5.74, 6) is 1.13. The van der Waals surface area contributed by atoms with Gasteiger partial charge < -0.3 is 9.84 Å². The van der Waals surface area contributed by atoms with Gasteiger partial charge in [0, 0.05) is 11.6 Å². The number of benzene rings is 1. The molecule has 1 aromatic rings. The minimum atomic E-state index is -0.787. The van der Waals surface area contributed by atoms with Crippen LogP contribution >= 0.6 is 11.8 Å². The van der Waals surface area contributed by atoms with Gasteiger partial charge >= 0.3 is 0 Å². The highest BCUT2D eigenvalue weighted by molar-refractivity contribution is 7.98. The minimum Gasteiger partial charge on any atom is -0.493 e. The molecular formula is C12H17FO2S. The van der Waals surface area contributed by atoms with E-state index < -0.39 is 11.9 Å². The van der Waals surface area contributed by atoms with Gasteiger partial charge in [0.2, 0.25) is 0 Å². The maximum atomic E-state index is 13.4. The molecule has 0 unspecified atom stereocenters. The van der Waals surface area contributed by atoms with Crippen LogP contribution in [0.15, 0.2) is 18.2 Å². The summed E-state index contributed by atoms with van der Waals surface area (Å²) in [5, 5.41) is 9.26. The SMILES string of the molecule is CSCCCOc1ccc([C@H](C)O)c(F)c1. The molecule has 0 spiro atoms. The molecule has 0 saturated heterocycles. The van der Waals surface area contributed by atoms with Crippen molar-refractivity contribution in [3.05, 3.63) is 29.6 Å². The first kappa shape index (κ1) is 13.3. The molecule has 0 aliphatic carbocycles. The van der Waals surface area contributed by atoms with Crippen LogP contribution in [0.25, 0.3) is 0 Å². The maximum Gasteiger partial charge on any atom is 0.132 e. The Morgan fingerprint density at radius 2 is 2.25 bits per heavy atom. The molecule has 0 bridgehead atoms. The predicted octanol–water partition coefficient (Wildman–Crippen LogP) is 3.01. The molecule has 1 N–H and O–H groups in total. The Morgan fingerprint density at radius 1 is 1.50 bits per heavy atom. The number of aliphatic hydroxyl groups excluding tert-OH is 1. The van der Waals surface area contributed by atoms with E-state index in [1.165, 1.54) is 13.0 Å². The third-order valence-corrected chi connectivity index (χ3v) is 2.88. The second kappa shape index (κ2) is 6.76. The summed E-state index contributed by atoms with van der Waals surface area (Å²) in [5.41, 5.74) is 0.302. The van der Waals surface area contributed by atoms with Crippen molar-refractivity contribution < 1.29 is 14.2 Å². The lowest BCUT2D eigenvalue weighted by Gasteiger charge is -2.09. The van der Waals surface area contributed by atoms with Crippen LogP contribution in [0.1, 0.15) is 25.0 Å². The average molecular weight is 244 g/mol. The number of hydrogen-bond acceptors (Lipinski definition) is 3. The van der Waals surface area contributed by atoms with Crippen molar-refractivity contribution in [2.24, 2.45) is 0 Å². The molecule has 1 atom stereocenters. The van der Waals surface area contributed by atoms with Gasteiger partial charge in [-0.05, 0) is 37.5 Å². The Bertz CT molecular complexity index is 329. The number of rotatable bonds is 6. The van der Waals surface area contributed by atoms with E-state index in [-0.39, 0.29) is 0 Å². The Balaban J connectivity index is 2.53. The van der Waals surface area contributed by atoms with E-state index in [2.05, 4.69) is 0 Å². The van der Waals surface area contributed by atoms with Crippen molar-refractivity contribution in [1.82, 2.24) is 0 Å². The smallest absolute Gasteiger partial charge is 0.132 e. The summed E-state index contributed by atoms with van der Waals surface area (Å²) in [6, 6.07) is 4.56. The van der Waals surface area contributed by atoms with Gasteiger partial charge in [0.25, 0.3) is 0 Å². The fourth-order valence-corrected chi connectivity index (χ4v) is 1.74. The Morgan fingerprint density at radius 3 is 2.81 bits per heavy atom. The molecule has 0 fully saturated rings. The third kappa shape index (κ3) is 4.02. The van der Waals surface area contributed by atoms with E-state index in [0.717, 1.165) is 12.2 Å². The lowest BCUT2D eigenvalue weighted by atomic mass is 10.1. The molecule has 0 aliphatic rings. The zero-order valence-corrected chi connectivity index (χ0v) is 10.4. The first-order valence-electron chi connectivity index (χ1n) is 5.24. The lowest BCUT2D eigenvalue weighted by molar-refractivity contribution is 0.194. The van der Waals surface area contributed by atoms with Crippen LogP contribution < -0.4 is 4.74 Å².